The third-order valence-electron chi connectivity index (χ3n) is 7.06. The summed E-state index contributed by atoms with van der Waals surface area (Å²) in [6, 6.07) is 21.9. The number of ether oxygens (including phenoxy) is 2. The third-order valence-corrected chi connectivity index (χ3v) is 8.62. The fourth-order valence-corrected chi connectivity index (χ4v) is 6.04. The Morgan fingerprint density at radius 2 is 1.58 bits per heavy atom. The van der Waals surface area contributed by atoms with E-state index < -0.39 is 10.0 Å². The van der Waals surface area contributed by atoms with E-state index in [0.717, 1.165) is 42.3 Å². The van der Waals surface area contributed by atoms with Crippen LogP contribution in [0.4, 0.5) is 0 Å². The van der Waals surface area contributed by atoms with Crippen LogP contribution in [0.5, 0.6) is 11.5 Å². The van der Waals surface area contributed by atoms with Crippen LogP contribution < -0.4 is 14.2 Å². The molecule has 1 saturated heterocycles. The third kappa shape index (κ3) is 6.35. The molecule has 2 aliphatic rings. The topological polar surface area (TPSA) is 88.2 Å². The summed E-state index contributed by atoms with van der Waals surface area (Å²) < 4.78 is 39.2. The second kappa shape index (κ2) is 11.6. The Morgan fingerprint density at radius 3 is 2.32 bits per heavy atom. The Morgan fingerprint density at radius 1 is 0.895 bits per heavy atom. The molecule has 38 heavy (non-hydrogen) atoms. The van der Waals surface area contributed by atoms with Crippen LogP contribution >= 0.6 is 0 Å². The Balaban J connectivity index is 1.07. The second-order valence-electron chi connectivity index (χ2n) is 9.74. The largest absolute Gasteiger partial charge is 0.454 e. The number of fused-ring (bicyclic) bond motifs is 1. The van der Waals surface area contributed by atoms with E-state index in [9.17, 15) is 13.2 Å². The predicted molar refractivity (Wildman–Crippen MR) is 144 cm³/mol. The molecule has 0 bridgehead atoms. The monoisotopic (exact) mass is 535 g/mol. The summed E-state index contributed by atoms with van der Waals surface area (Å²) in [6.45, 7) is 5.95. The van der Waals surface area contributed by atoms with Crippen LogP contribution in [0.1, 0.15) is 36.1 Å². The summed E-state index contributed by atoms with van der Waals surface area (Å²) in [4.78, 5) is 17.3. The normalized spacial score (nSPS) is 16.4. The van der Waals surface area contributed by atoms with Gasteiger partial charge in [-0.1, -0.05) is 48.5 Å². The van der Waals surface area contributed by atoms with Gasteiger partial charge in [-0.3, -0.25) is 9.69 Å². The SMILES string of the molecule is C[C@@H](NS(=O)(=O)c1ccc(CCC(=O)N2CCN(Cc3ccc4c(c3)OCO4)CC2)cc1)c1ccccc1. The van der Waals surface area contributed by atoms with Crippen LogP contribution in [0, 0.1) is 0 Å². The molecule has 0 radical (unpaired) electrons. The number of benzene rings is 3. The molecular weight excluding hydrogens is 502 g/mol. The second-order valence-corrected chi connectivity index (χ2v) is 11.5. The van der Waals surface area contributed by atoms with Gasteiger partial charge in [0.2, 0.25) is 22.7 Å². The molecule has 1 amide bonds. The van der Waals surface area contributed by atoms with Crippen LogP contribution in [0.2, 0.25) is 0 Å². The number of hydrogen-bond acceptors (Lipinski definition) is 6. The Labute approximate surface area is 224 Å². The highest BCUT2D eigenvalue weighted by Crippen LogP contribution is 2.33. The zero-order valence-corrected chi connectivity index (χ0v) is 22.3. The van der Waals surface area contributed by atoms with Gasteiger partial charge in [-0.2, -0.15) is 0 Å². The van der Waals surface area contributed by atoms with Crippen molar-refractivity contribution in [3.05, 3.63) is 89.5 Å². The molecule has 2 aliphatic heterocycles. The number of carbonyl (C=O) groups excluding carboxylic acids is 1. The number of hydrogen-bond donors (Lipinski definition) is 1. The van der Waals surface area contributed by atoms with Gasteiger partial charge in [-0.15, -0.1) is 0 Å². The van der Waals surface area contributed by atoms with Gasteiger partial charge < -0.3 is 14.4 Å². The van der Waals surface area contributed by atoms with E-state index >= 15 is 0 Å². The molecule has 3 aromatic carbocycles. The summed E-state index contributed by atoms with van der Waals surface area (Å²) in [5.41, 5.74) is 3.01. The predicted octanol–water partition coefficient (Wildman–Crippen LogP) is 3.73. The van der Waals surface area contributed by atoms with Crippen molar-refractivity contribution >= 4 is 15.9 Å². The highest BCUT2D eigenvalue weighted by molar-refractivity contribution is 7.89. The van der Waals surface area contributed by atoms with Crippen molar-refractivity contribution in [1.29, 1.82) is 0 Å². The minimum absolute atomic E-state index is 0.128. The van der Waals surface area contributed by atoms with Gasteiger partial charge in [0.25, 0.3) is 0 Å². The molecule has 1 N–H and O–H groups in total. The number of sulfonamides is 1. The maximum atomic E-state index is 12.8. The molecule has 0 spiro atoms. The standard InChI is InChI=1S/C29H33N3O5S/c1-22(25-5-3-2-4-6-25)30-38(34,35)26-11-7-23(8-12-26)10-14-29(33)32-17-15-31(16-18-32)20-24-9-13-27-28(19-24)37-21-36-27/h2-9,11-13,19,22,30H,10,14-18,20-21H2,1H3/t22-/m1/s1. The van der Waals surface area contributed by atoms with Crippen LogP contribution in [0.25, 0.3) is 0 Å². The Hall–Kier alpha value is -3.40. The van der Waals surface area contributed by atoms with E-state index in [2.05, 4.69) is 15.7 Å². The Bertz CT molecular complexity index is 1350. The van der Waals surface area contributed by atoms with Gasteiger partial charge >= 0.3 is 0 Å². The summed E-state index contributed by atoms with van der Waals surface area (Å²) in [5.74, 6) is 1.71. The van der Waals surface area contributed by atoms with Gasteiger partial charge in [-0.25, -0.2) is 13.1 Å². The highest BCUT2D eigenvalue weighted by atomic mass is 32.2. The van der Waals surface area contributed by atoms with E-state index in [4.69, 9.17) is 9.47 Å². The number of rotatable bonds is 9. The first-order chi connectivity index (χ1) is 18.4. The van der Waals surface area contributed by atoms with Crippen molar-refractivity contribution < 1.29 is 22.7 Å². The molecule has 0 aliphatic carbocycles. The maximum absolute atomic E-state index is 12.8. The van der Waals surface area contributed by atoms with Crippen molar-refractivity contribution in [2.24, 2.45) is 0 Å². The van der Waals surface area contributed by atoms with Gasteiger partial charge in [0, 0.05) is 45.2 Å². The summed E-state index contributed by atoms with van der Waals surface area (Å²) in [7, 11) is -3.65. The zero-order chi connectivity index (χ0) is 26.5. The van der Waals surface area contributed by atoms with Crippen molar-refractivity contribution in [2.75, 3.05) is 33.0 Å². The molecule has 1 atom stereocenters. The van der Waals surface area contributed by atoms with Crippen molar-refractivity contribution in [2.45, 2.75) is 37.2 Å². The first-order valence-electron chi connectivity index (χ1n) is 12.9. The lowest BCUT2D eigenvalue weighted by Gasteiger charge is -2.35. The number of carbonyl (C=O) groups is 1. The average molecular weight is 536 g/mol. The van der Waals surface area contributed by atoms with Gasteiger partial charge in [0.15, 0.2) is 11.5 Å². The molecule has 8 nitrogen and oxygen atoms in total. The fourth-order valence-electron chi connectivity index (χ4n) is 4.81. The first-order valence-corrected chi connectivity index (χ1v) is 14.4. The van der Waals surface area contributed by atoms with Crippen molar-refractivity contribution in [1.82, 2.24) is 14.5 Å². The number of piperazine rings is 1. The summed E-state index contributed by atoms with van der Waals surface area (Å²) in [6.07, 6.45) is 0.974. The molecule has 0 aromatic heterocycles. The average Bonchev–Trinajstić information content (AvgIpc) is 3.41. The van der Waals surface area contributed by atoms with E-state index in [-0.39, 0.29) is 23.6 Å². The van der Waals surface area contributed by atoms with E-state index in [1.807, 2.05) is 54.3 Å². The quantitative estimate of drug-likeness (QED) is 0.449. The lowest BCUT2D eigenvalue weighted by atomic mass is 10.1. The lowest BCUT2D eigenvalue weighted by Crippen LogP contribution is -2.48. The smallest absolute Gasteiger partial charge is 0.241 e. The van der Waals surface area contributed by atoms with Crippen molar-refractivity contribution in [3.63, 3.8) is 0 Å². The molecule has 9 heteroatoms. The van der Waals surface area contributed by atoms with E-state index in [1.165, 1.54) is 5.56 Å². The van der Waals surface area contributed by atoms with Crippen LogP contribution in [0.15, 0.2) is 77.7 Å². The minimum atomic E-state index is -3.65. The summed E-state index contributed by atoms with van der Waals surface area (Å²) in [5, 5.41) is 0. The Kier molecular flexibility index (Phi) is 7.97. The fraction of sp³-hybridized carbons (Fsp3) is 0.345. The van der Waals surface area contributed by atoms with Crippen LogP contribution in [-0.2, 0) is 27.8 Å². The molecule has 2 heterocycles. The molecule has 200 valence electrons. The van der Waals surface area contributed by atoms with Crippen molar-refractivity contribution in [3.8, 4) is 11.5 Å². The van der Waals surface area contributed by atoms with Gasteiger partial charge in [0.1, 0.15) is 0 Å². The molecule has 5 rings (SSSR count). The first kappa shape index (κ1) is 26.2. The number of nitrogens with one attached hydrogen (secondary N) is 1. The van der Waals surface area contributed by atoms with Crippen LogP contribution in [0.3, 0.4) is 0 Å². The number of amides is 1. The number of aryl methyl sites for hydroxylation is 1. The summed E-state index contributed by atoms with van der Waals surface area (Å²) >= 11 is 0. The van der Waals surface area contributed by atoms with Crippen LogP contribution in [-0.4, -0.2) is 57.1 Å². The zero-order valence-electron chi connectivity index (χ0n) is 21.5. The molecule has 0 unspecified atom stereocenters. The van der Waals surface area contributed by atoms with E-state index in [1.54, 1.807) is 24.3 Å². The van der Waals surface area contributed by atoms with Gasteiger partial charge in [0.05, 0.1) is 4.90 Å². The lowest BCUT2D eigenvalue weighted by molar-refractivity contribution is -0.133. The molecular formula is C29H33N3O5S. The highest BCUT2D eigenvalue weighted by Gasteiger charge is 2.22. The molecule has 1 fully saturated rings. The number of nitrogens with zero attached hydrogens (tertiary/aromatic N) is 2. The minimum Gasteiger partial charge on any atom is -0.454 e. The maximum Gasteiger partial charge on any atom is 0.241 e. The molecule has 3 aromatic rings. The van der Waals surface area contributed by atoms with E-state index in [0.29, 0.717) is 25.9 Å². The molecule has 0 saturated carbocycles. The van der Waals surface area contributed by atoms with Gasteiger partial charge in [-0.05, 0) is 54.3 Å².